The van der Waals surface area contributed by atoms with Crippen LogP contribution in [0.4, 0.5) is 0 Å². The van der Waals surface area contributed by atoms with Gasteiger partial charge in [-0.15, -0.1) is 11.3 Å². The zero-order valence-corrected chi connectivity index (χ0v) is 11.4. The molecule has 1 N–H and O–H groups in total. The molecule has 0 spiro atoms. The van der Waals surface area contributed by atoms with Gasteiger partial charge in [-0.05, 0) is 13.0 Å². The highest BCUT2D eigenvalue weighted by molar-refractivity contribution is 7.10. The first-order chi connectivity index (χ1) is 8.72. The Balaban J connectivity index is 2.72. The highest BCUT2D eigenvalue weighted by Crippen LogP contribution is 2.15. The summed E-state index contributed by atoms with van der Waals surface area (Å²) < 4.78 is 4.98. The van der Waals surface area contributed by atoms with Gasteiger partial charge in [0.2, 0.25) is 0 Å². The van der Waals surface area contributed by atoms with Gasteiger partial charge in [0.1, 0.15) is 6.61 Å². The van der Waals surface area contributed by atoms with E-state index in [9.17, 15) is 4.79 Å². The SMILES string of the molecule is CCN(CCOC)C(=O)c1csc(C#CCO)c1. The van der Waals surface area contributed by atoms with Crippen molar-refractivity contribution in [2.24, 2.45) is 0 Å². The van der Waals surface area contributed by atoms with Gasteiger partial charge in [-0.3, -0.25) is 4.79 Å². The molecule has 0 aliphatic carbocycles. The zero-order chi connectivity index (χ0) is 13.4. The molecule has 0 atom stereocenters. The van der Waals surface area contributed by atoms with Gasteiger partial charge in [0.25, 0.3) is 5.91 Å². The molecule has 1 aromatic rings. The number of hydrogen-bond acceptors (Lipinski definition) is 4. The summed E-state index contributed by atoms with van der Waals surface area (Å²) in [6.45, 7) is 3.53. The van der Waals surface area contributed by atoms with E-state index in [0.29, 0.717) is 25.3 Å². The van der Waals surface area contributed by atoms with E-state index in [-0.39, 0.29) is 12.5 Å². The van der Waals surface area contributed by atoms with E-state index in [1.54, 1.807) is 23.5 Å². The lowest BCUT2D eigenvalue weighted by molar-refractivity contribution is 0.0707. The van der Waals surface area contributed by atoms with Crippen molar-refractivity contribution in [1.29, 1.82) is 0 Å². The van der Waals surface area contributed by atoms with Crippen LogP contribution in [0.1, 0.15) is 22.2 Å². The number of carbonyl (C=O) groups is 1. The summed E-state index contributed by atoms with van der Waals surface area (Å²) >= 11 is 1.41. The van der Waals surface area contributed by atoms with E-state index in [0.717, 1.165) is 4.88 Å². The fourth-order valence-electron chi connectivity index (χ4n) is 1.43. The molecular formula is C13H17NO3S. The standard InChI is InChI=1S/C13H17NO3S/c1-3-14(6-8-17-2)13(16)11-9-12(18-10-11)5-4-7-15/h9-10,15H,3,6-8H2,1-2H3. The molecule has 0 saturated carbocycles. The minimum absolute atomic E-state index is 0.0113. The van der Waals surface area contributed by atoms with Crippen molar-refractivity contribution in [1.82, 2.24) is 4.90 Å². The molecule has 0 fully saturated rings. The minimum atomic E-state index is -0.171. The van der Waals surface area contributed by atoms with E-state index < -0.39 is 0 Å². The summed E-state index contributed by atoms with van der Waals surface area (Å²) in [6, 6.07) is 1.76. The van der Waals surface area contributed by atoms with Crippen molar-refractivity contribution in [2.75, 3.05) is 33.4 Å². The molecule has 0 radical (unpaired) electrons. The van der Waals surface area contributed by atoms with Gasteiger partial charge < -0.3 is 14.7 Å². The zero-order valence-electron chi connectivity index (χ0n) is 10.6. The number of nitrogens with zero attached hydrogens (tertiary/aromatic N) is 1. The van der Waals surface area contributed by atoms with Gasteiger partial charge in [-0.2, -0.15) is 0 Å². The number of rotatable bonds is 5. The molecular weight excluding hydrogens is 250 g/mol. The van der Waals surface area contributed by atoms with Crippen LogP contribution in [0.2, 0.25) is 0 Å². The Morgan fingerprint density at radius 2 is 2.39 bits per heavy atom. The lowest BCUT2D eigenvalue weighted by atomic mass is 10.2. The second kappa shape index (κ2) is 7.88. The third-order valence-electron chi connectivity index (χ3n) is 2.37. The maximum atomic E-state index is 12.1. The average molecular weight is 267 g/mol. The first kappa shape index (κ1) is 14.7. The Labute approximate surface area is 111 Å². The smallest absolute Gasteiger partial charge is 0.254 e. The van der Waals surface area contributed by atoms with Crippen LogP contribution in [-0.2, 0) is 4.74 Å². The number of ether oxygens (including phenoxy) is 1. The molecule has 1 heterocycles. The highest BCUT2D eigenvalue weighted by Gasteiger charge is 2.15. The Morgan fingerprint density at radius 3 is 3.00 bits per heavy atom. The van der Waals surface area contributed by atoms with Crippen LogP contribution < -0.4 is 0 Å². The quantitative estimate of drug-likeness (QED) is 0.816. The van der Waals surface area contributed by atoms with E-state index in [1.807, 2.05) is 6.92 Å². The molecule has 0 bridgehead atoms. The van der Waals surface area contributed by atoms with Crippen molar-refractivity contribution in [3.63, 3.8) is 0 Å². The Bertz CT molecular complexity index is 445. The topological polar surface area (TPSA) is 49.8 Å². The third kappa shape index (κ3) is 4.15. The molecule has 0 saturated heterocycles. The Kier molecular flexibility index (Phi) is 6.44. The van der Waals surface area contributed by atoms with Crippen LogP contribution in [0.15, 0.2) is 11.4 Å². The lowest BCUT2D eigenvalue weighted by Crippen LogP contribution is -2.33. The fourth-order valence-corrected chi connectivity index (χ4v) is 2.18. The maximum Gasteiger partial charge on any atom is 0.254 e. The van der Waals surface area contributed by atoms with Gasteiger partial charge in [0, 0.05) is 25.6 Å². The number of aliphatic hydroxyl groups is 1. The summed E-state index contributed by atoms with van der Waals surface area (Å²) in [5.41, 5.74) is 0.639. The third-order valence-corrected chi connectivity index (χ3v) is 3.22. The first-order valence-corrected chi connectivity index (χ1v) is 6.57. The van der Waals surface area contributed by atoms with Gasteiger partial charge in [-0.25, -0.2) is 0 Å². The fraction of sp³-hybridized carbons (Fsp3) is 0.462. The summed E-state index contributed by atoms with van der Waals surface area (Å²) in [4.78, 5) is 14.7. The van der Waals surface area contributed by atoms with Crippen LogP contribution in [-0.4, -0.2) is 49.3 Å². The molecule has 0 aliphatic rings. The molecule has 0 aromatic carbocycles. The summed E-state index contributed by atoms with van der Waals surface area (Å²) in [5, 5.41) is 10.4. The molecule has 1 aromatic heterocycles. The lowest BCUT2D eigenvalue weighted by Gasteiger charge is -2.19. The number of amides is 1. The predicted molar refractivity (Wildman–Crippen MR) is 71.7 cm³/mol. The molecule has 0 aliphatic heterocycles. The van der Waals surface area contributed by atoms with Crippen molar-refractivity contribution < 1.29 is 14.6 Å². The van der Waals surface area contributed by atoms with E-state index in [4.69, 9.17) is 9.84 Å². The second-order valence-electron chi connectivity index (χ2n) is 3.54. The van der Waals surface area contributed by atoms with Crippen LogP contribution in [0.5, 0.6) is 0 Å². The second-order valence-corrected chi connectivity index (χ2v) is 4.45. The molecule has 4 nitrogen and oxygen atoms in total. The summed E-state index contributed by atoms with van der Waals surface area (Å²) in [7, 11) is 1.62. The Morgan fingerprint density at radius 1 is 1.61 bits per heavy atom. The van der Waals surface area contributed by atoms with Gasteiger partial charge in [0.15, 0.2) is 0 Å². The summed E-state index contributed by atoms with van der Waals surface area (Å²) in [5.74, 6) is 5.35. The van der Waals surface area contributed by atoms with Gasteiger partial charge >= 0.3 is 0 Å². The number of likely N-dealkylation sites (N-methyl/N-ethyl adjacent to an activating group) is 1. The average Bonchev–Trinajstić information content (AvgIpc) is 2.85. The van der Waals surface area contributed by atoms with Crippen molar-refractivity contribution >= 4 is 17.2 Å². The maximum absolute atomic E-state index is 12.1. The van der Waals surface area contributed by atoms with Crippen LogP contribution in [0.3, 0.4) is 0 Å². The molecule has 5 heteroatoms. The molecule has 18 heavy (non-hydrogen) atoms. The number of thiophene rings is 1. The molecule has 1 rings (SSSR count). The van der Waals surface area contributed by atoms with E-state index in [1.165, 1.54) is 11.3 Å². The number of carbonyl (C=O) groups excluding carboxylic acids is 1. The van der Waals surface area contributed by atoms with Crippen molar-refractivity contribution in [3.8, 4) is 11.8 Å². The monoisotopic (exact) mass is 267 g/mol. The van der Waals surface area contributed by atoms with E-state index in [2.05, 4.69) is 11.8 Å². The highest BCUT2D eigenvalue weighted by atomic mass is 32.1. The van der Waals surface area contributed by atoms with Gasteiger partial charge in [0.05, 0.1) is 17.0 Å². The normalized spacial score (nSPS) is 9.72. The largest absolute Gasteiger partial charge is 0.384 e. The number of aliphatic hydroxyl groups excluding tert-OH is 1. The van der Waals surface area contributed by atoms with Gasteiger partial charge in [-0.1, -0.05) is 11.8 Å². The number of hydrogen-bond donors (Lipinski definition) is 1. The summed E-state index contributed by atoms with van der Waals surface area (Å²) in [6.07, 6.45) is 0. The molecule has 1 amide bonds. The molecule has 0 unspecified atom stereocenters. The van der Waals surface area contributed by atoms with Crippen LogP contribution >= 0.6 is 11.3 Å². The minimum Gasteiger partial charge on any atom is -0.384 e. The van der Waals surface area contributed by atoms with E-state index >= 15 is 0 Å². The Hall–Kier alpha value is -1.35. The van der Waals surface area contributed by atoms with Crippen molar-refractivity contribution in [2.45, 2.75) is 6.92 Å². The first-order valence-electron chi connectivity index (χ1n) is 5.69. The van der Waals surface area contributed by atoms with Crippen LogP contribution in [0.25, 0.3) is 0 Å². The number of methoxy groups -OCH3 is 1. The predicted octanol–water partition coefficient (Wildman–Crippen LogP) is 1.20. The van der Waals surface area contributed by atoms with Crippen molar-refractivity contribution in [3.05, 3.63) is 21.9 Å². The van der Waals surface area contributed by atoms with Crippen LogP contribution in [0, 0.1) is 11.8 Å². The molecule has 98 valence electrons.